The molecule has 0 amide bonds. The van der Waals surface area contributed by atoms with Gasteiger partial charge in [0.15, 0.2) is 0 Å². The number of rotatable bonds is 2. The topological polar surface area (TPSA) is 62.7 Å². The third kappa shape index (κ3) is 5.58. The summed E-state index contributed by atoms with van der Waals surface area (Å²) in [7, 11) is 0. The van der Waals surface area contributed by atoms with Crippen LogP contribution in [0.25, 0.3) is 5.53 Å². The molecule has 0 saturated heterocycles. The van der Waals surface area contributed by atoms with Crippen LogP contribution in [0.5, 0.6) is 0 Å². The van der Waals surface area contributed by atoms with Crippen molar-refractivity contribution in [2.45, 2.75) is 20.3 Å². The summed E-state index contributed by atoms with van der Waals surface area (Å²) in [6.45, 7) is 3.79. The van der Waals surface area contributed by atoms with Crippen LogP contribution in [0.3, 0.4) is 0 Å². The standard InChI is InChI=1S/C6H9ClN2O2/c1-4(2)3-5(9-8)11-6(7)10/h4H,3H2,1-2H3. The van der Waals surface area contributed by atoms with Crippen LogP contribution in [0.15, 0.2) is 0 Å². The smallest absolute Gasteiger partial charge is 0.357 e. The summed E-state index contributed by atoms with van der Waals surface area (Å²) in [4.78, 5) is 12.9. The normalized spacial score (nSPS) is 9.09. The fourth-order valence-electron chi connectivity index (χ4n) is 0.545. The predicted octanol–water partition coefficient (Wildman–Crippen LogP) is 2.04. The number of carbonyl (C=O) groups is 1. The van der Waals surface area contributed by atoms with Crippen molar-refractivity contribution in [2.24, 2.45) is 5.92 Å². The van der Waals surface area contributed by atoms with Crippen LogP contribution in [0.1, 0.15) is 20.3 Å². The Hall–Kier alpha value is -0.860. The lowest BCUT2D eigenvalue weighted by atomic mass is 10.1. The van der Waals surface area contributed by atoms with Gasteiger partial charge in [0, 0.05) is 11.6 Å². The van der Waals surface area contributed by atoms with Crippen LogP contribution in [0, 0.1) is 5.92 Å². The first-order chi connectivity index (χ1) is 5.06. The van der Waals surface area contributed by atoms with Gasteiger partial charge in [0.1, 0.15) is 0 Å². The van der Waals surface area contributed by atoms with Gasteiger partial charge < -0.3 is 10.3 Å². The fraction of sp³-hybridized carbons (Fsp3) is 0.667. The molecule has 0 rings (SSSR count). The van der Waals surface area contributed by atoms with Crippen molar-refractivity contribution < 1.29 is 14.3 Å². The van der Waals surface area contributed by atoms with Crippen molar-refractivity contribution in [1.82, 2.24) is 0 Å². The van der Waals surface area contributed by atoms with Crippen molar-refractivity contribution in [3.63, 3.8) is 0 Å². The number of carbonyl (C=O) groups excluding carboxylic acids is 1. The molecule has 0 aromatic carbocycles. The zero-order valence-electron chi connectivity index (χ0n) is 6.37. The molecule has 62 valence electrons. The molecule has 0 spiro atoms. The van der Waals surface area contributed by atoms with E-state index in [1.54, 1.807) is 0 Å². The first-order valence-electron chi connectivity index (χ1n) is 3.14. The summed E-state index contributed by atoms with van der Waals surface area (Å²) in [5, 5.41) is 0. The Morgan fingerprint density at radius 1 is 1.73 bits per heavy atom. The molecule has 0 N–H and O–H groups in total. The highest BCUT2D eigenvalue weighted by atomic mass is 35.5. The molecule has 0 heterocycles. The van der Waals surface area contributed by atoms with Gasteiger partial charge in [-0.2, -0.15) is 0 Å². The minimum Gasteiger partial charge on any atom is -0.357 e. The molecule has 0 aromatic heterocycles. The largest absolute Gasteiger partial charge is 0.458 e. The summed E-state index contributed by atoms with van der Waals surface area (Å²) in [6.07, 6.45) is 0.384. The van der Waals surface area contributed by atoms with Crippen LogP contribution in [0.2, 0.25) is 0 Å². The molecule has 0 saturated carbocycles. The molecule has 0 fully saturated rings. The Kier molecular flexibility index (Phi) is 4.50. The second-order valence-electron chi connectivity index (χ2n) is 2.43. The highest BCUT2D eigenvalue weighted by Gasteiger charge is 2.15. The Balaban J connectivity index is 3.99. The van der Waals surface area contributed by atoms with Gasteiger partial charge in [-0.05, 0) is 5.92 Å². The molecule has 11 heavy (non-hydrogen) atoms. The van der Waals surface area contributed by atoms with Gasteiger partial charge in [-0.3, -0.25) is 0 Å². The first-order valence-corrected chi connectivity index (χ1v) is 3.52. The Morgan fingerprint density at radius 2 is 2.27 bits per heavy atom. The zero-order valence-corrected chi connectivity index (χ0v) is 7.13. The second kappa shape index (κ2) is 4.88. The van der Waals surface area contributed by atoms with Crippen molar-refractivity contribution >= 4 is 22.9 Å². The minimum absolute atomic E-state index is 0.0556. The van der Waals surface area contributed by atoms with Crippen molar-refractivity contribution in [3.05, 3.63) is 5.53 Å². The third-order valence-corrected chi connectivity index (χ3v) is 0.970. The summed E-state index contributed by atoms with van der Waals surface area (Å²) < 4.78 is 4.34. The number of hydrogen-bond donors (Lipinski definition) is 0. The van der Waals surface area contributed by atoms with Gasteiger partial charge in [0.25, 0.3) is 0 Å². The summed E-state index contributed by atoms with van der Waals surface area (Å²) in [5.41, 5.74) is 7.29. The van der Waals surface area contributed by atoms with E-state index in [0.717, 1.165) is 0 Å². The van der Waals surface area contributed by atoms with Gasteiger partial charge in [0.05, 0.1) is 6.42 Å². The number of ether oxygens (including phenoxy) is 1. The average molecular weight is 177 g/mol. The maximum atomic E-state index is 10.1. The molecule has 0 unspecified atom stereocenters. The van der Waals surface area contributed by atoms with E-state index in [-0.39, 0.29) is 11.8 Å². The lowest BCUT2D eigenvalue weighted by molar-refractivity contribution is -0.0353. The molecular formula is C6H9ClN2O2. The Labute approximate surface area is 69.7 Å². The fourth-order valence-corrected chi connectivity index (χ4v) is 0.634. The van der Waals surface area contributed by atoms with E-state index < -0.39 is 5.43 Å². The Bertz CT molecular complexity index is 197. The van der Waals surface area contributed by atoms with Gasteiger partial charge in [0.2, 0.25) is 0 Å². The van der Waals surface area contributed by atoms with Crippen LogP contribution < -0.4 is 0 Å². The van der Waals surface area contributed by atoms with E-state index >= 15 is 0 Å². The molecule has 5 heteroatoms. The second-order valence-corrected chi connectivity index (χ2v) is 2.74. The van der Waals surface area contributed by atoms with Crippen LogP contribution in [-0.2, 0) is 4.74 Å². The number of halogens is 1. The molecule has 0 radical (unpaired) electrons. The molecule has 0 atom stereocenters. The third-order valence-electron chi connectivity index (χ3n) is 0.892. The zero-order chi connectivity index (χ0) is 8.85. The van der Waals surface area contributed by atoms with E-state index in [4.69, 9.17) is 17.1 Å². The lowest BCUT2D eigenvalue weighted by Crippen LogP contribution is -2.10. The molecule has 0 aliphatic rings. The van der Waals surface area contributed by atoms with Crippen LogP contribution >= 0.6 is 11.6 Å². The molecule has 0 aliphatic heterocycles. The maximum absolute atomic E-state index is 10.1. The molecule has 4 nitrogen and oxygen atoms in total. The van der Waals surface area contributed by atoms with Gasteiger partial charge >= 0.3 is 11.3 Å². The van der Waals surface area contributed by atoms with Gasteiger partial charge in [-0.15, -0.1) is 4.79 Å². The van der Waals surface area contributed by atoms with Crippen molar-refractivity contribution in [2.75, 3.05) is 0 Å². The van der Waals surface area contributed by atoms with E-state index in [1.165, 1.54) is 0 Å². The number of nitrogens with zero attached hydrogens (tertiary/aromatic N) is 2. The van der Waals surface area contributed by atoms with Crippen molar-refractivity contribution in [1.29, 1.82) is 0 Å². The SMILES string of the molecule is CC(C)CC(=[N+]=[N-])OC(=O)Cl. The monoisotopic (exact) mass is 176 g/mol. The Morgan fingerprint density at radius 3 is 2.55 bits per heavy atom. The minimum atomic E-state index is -0.988. The predicted molar refractivity (Wildman–Crippen MR) is 40.4 cm³/mol. The quantitative estimate of drug-likeness (QED) is 0.213. The number of hydrogen-bond acceptors (Lipinski definition) is 2. The van der Waals surface area contributed by atoms with E-state index in [0.29, 0.717) is 6.42 Å². The highest BCUT2D eigenvalue weighted by molar-refractivity contribution is 6.61. The summed E-state index contributed by atoms with van der Waals surface area (Å²) in [5.74, 6) is 0.192. The van der Waals surface area contributed by atoms with E-state index in [2.05, 4.69) is 9.53 Å². The van der Waals surface area contributed by atoms with E-state index in [1.807, 2.05) is 13.8 Å². The van der Waals surface area contributed by atoms with Crippen molar-refractivity contribution in [3.8, 4) is 0 Å². The molecular weight excluding hydrogens is 168 g/mol. The summed E-state index contributed by atoms with van der Waals surface area (Å²) in [6, 6.07) is 0. The molecule has 0 aromatic rings. The van der Waals surface area contributed by atoms with Gasteiger partial charge in [-0.1, -0.05) is 13.8 Å². The average Bonchev–Trinajstić information content (AvgIpc) is 1.84. The molecule has 0 bridgehead atoms. The van der Waals surface area contributed by atoms with E-state index in [9.17, 15) is 4.79 Å². The summed E-state index contributed by atoms with van der Waals surface area (Å²) >= 11 is 4.88. The maximum Gasteiger partial charge on any atom is 0.458 e. The van der Waals surface area contributed by atoms with Crippen LogP contribution in [-0.4, -0.2) is 16.1 Å². The van der Waals surface area contributed by atoms with Crippen LogP contribution in [0.4, 0.5) is 4.79 Å². The first kappa shape index (κ1) is 10.1. The van der Waals surface area contributed by atoms with Gasteiger partial charge in [-0.25, -0.2) is 4.79 Å². The molecule has 0 aliphatic carbocycles. The highest BCUT2D eigenvalue weighted by Crippen LogP contribution is 2.02. The lowest BCUT2D eigenvalue weighted by Gasteiger charge is -1.96.